The smallest absolute Gasteiger partial charge is 0.122 e. The summed E-state index contributed by atoms with van der Waals surface area (Å²) in [7, 11) is 0. The van der Waals surface area contributed by atoms with Gasteiger partial charge in [-0.2, -0.15) is 0 Å². The molecule has 0 fully saturated rings. The molecule has 70 valence electrons. The van der Waals surface area contributed by atoms with Gasteiger partial charge in [0, 0.05) is 21.5 Å². The average molecular weight is 264 g/mol. The maximum Gasteiger partial charge on any atom is 0.122 e. The van der Waals surface area contributed by atoms with Crippen LogP contribution in [-0.2, 0) is 4.79 Å². The third-order valence-corrected chi connectivity index (χ3v) is 2.47. The van der Waals surface area contributed by atoms with E-state index in [9.17, 15) is 9.90 Å². The lowest BCUT2D eigenvalue weighted by atomic mass is 10.1. The van der Waals surface area contributed by atoms with Crippen LogP contribution in [0.2, 0.25) is 5.02 Å². The molecule has 0 saturated heterocycles. The van der Waals surface area contributed by atoms with Crippen molar-refractivity contribution >= 4 is 33.8 Å². The Hall–Kier alpha value is -0.380. The number of rotatable bonds is 3. The molecule has 1 atom stereocenters. The molecule has 0 aromatic heterocycles. The van der Waals surface area contributed by atoms with Crippen LogP contribution < -0.4 is 0 Å². The van der Waals surface area contributed by atoms with Crippen LogP contribution >= 0.6 is 27.5 Å². The largest absolute Gasteiger partial charge is 0.388 e. The quantitative estimate of drug-likeness (QED) is 0.852. The molecule has 0 aliphatic rings. The standard InChI is InChI=1S/C9H8BrClO2/c10-6-1-2-8(11)7(5-6)9(13)3-4-12/h1-2,4-5,9,13H,3H2. The highest BCUT2D eigenvalue weighted by atomic mass is 79.9. The second-order valence-corrected chi connectivity index (χ2v) is 3.91. The van der Waals surface area contributed by atoms with Gasteiger partial charge in [0.1, 0.15) is 6.29 Å². The van der Waals surface area contributed by atoms with E-state index < -0.39 is 6.10 Å². The number of carbonyl (C=O) groups excluding carboxylic acids is 1. The number of hydrogen-bond donors (Lipinski definition) is 1. The summed E-state index contributed by atoms with van der Waals surface area (Å²) in [5, 5.41) is 9.96. The molecule has 1 rings (SSSR count). The van der Waals surface area contributed by atoms with E-state index in [0.717, 1.165) is 4.47 Å². The highest BCUT2D eigenvalue weighted by Crippen LogP contribution is 2.27. The van der Waals surface area contributed by atoms with E-state index in [-0.39, 0.29) is 6.42 Å². The summed E-state index contributed by atoms with van der Waals surface area (Å²) in [6.45, 7) is 0. The van der Waals surface area contributed by atoms with E-state index in [2.05, 4.69) is 15.9 Å². The van der Waals surface area contributed by atoms with Gasteiger partial charge in [0.25, 0.3) is 0 Å². The first kappa shape index (κ1) is 10.7. The van der Waals surface area contributed by atoms with Gasteiger partial charge >= 0.3 is 0 Å². The number of hydrogen-bond acceptors (Lipinski definition) is 2. The molecular weight excluding hydrogens is 255 g/mol. The Morgan fingerprint density at radius 2 is 2.31 bits per heavy atom. The molecule has 0 aliphatic carbocycles. The van der Waals surface area contributed by atoms with Crippen LogP contribution in [0, 0.1) is 0 Å². The lowest BCUT2D eigenvalue weighted by Gasteiger charge is -2.09. The average Bonchev–Trinajstić information content (AvgIpc) is 2.09. The van der Waals surface area contributed by atoms with Crippen LogP contribution in [0.15, 0.2) is 22.7 Å². The van der Waals surface area contributed by atoms with Crippen molar-refractivity contribution in [1.29, 1.82) is 0 Å². The minimum absolute atomic E-state index is 0.0656. The van der Waals surface area contributed by atoms with Gasteiger partial charge in [0.2, 0.25) is 0 Å². The summed E-state index contributed by atoms with van der Waals surface area (Å²) in [5.74, 6) is 0. The summed E-state index contributed by atoms with van der Waals surface area (Å²) in [6, 6.07) is 5.16. The highest BCUT2D eigenvalue weighted by Gasteiger charge is 2.10. The predicted molar refractivity (Wildman–Crippen MR) is 54.8 cm³/mol. The Labute approximate surface area is 89.7 Å². The van der Waals surface area contributed by atoms with Crippen molar-refractivity contribution in [2.75, 3.05) is 0 Å². The van der Waals surface area contributed by atoms with Crippen molar-refractivity contribution in [3.8, 4) is 0 Å². The molecule has 13 heavy (non-hydrogen) atoms. The van der Waals surface area contributed by atoms with E-state index in [1.165, 1.54) is 0 Å². The zero-order chi connectivity index (χ0) is 9.84. The molecule has 2 nitrogen and oxygen atoms in total. The second-order valence-electron chi connectivity index (χ2n) is 2.58. The molecule has 0 heterocycles. The van der Waals surface area contributed by atoms with Crippen molar-refractivity contribution in [2.45, 2.75) is 12.5 Å². The van der Waals surface area contributed by atoms with Gasteiger partial charge in [0.15, 0.2) is 0 Å². The third kappa shape index (κ3) is 2.79. The second kappa shape index (κ2) is 4.74. The number of benzene rings is 1. The number of halogens is 2. The number of aldehydes is 1. The summed E-state index contributed by atoms with van der Waals surface area (Å²) in [6.07, 6.45) is -0.0829. The van der Waals surface area contributed by atoms with Gasteiger partial charge in [0.05, 0.1) is 6.10 Å². The molecule has 1 N–H and O–H groups in total. The number of carbonyl (C=O) groups is 1. The van der Waals surface area contributed by atoms with Crippen LogP contribution in [0.1, 0.15) is 18.1 Å². The van der Waals surface area contributed by atoms with Crippen molar-refractivity contribution in [1.82, 2.24) is 0 Å². The van der Waals surface area contributed by atoms with Crippen molar-refractivity contribution in [3.63, 3.8) is 0 Å². The van der Waals surface area contributed by atoms with Crippen molar-refractivity contribution in [3.05, 3.63) is 33.3 Å². The Morgan fingerprint density at radius 1 is 1.62 bits per heavy atom. The van der Waals surface area contributed by atoms with Crippen LogP contribution in [-0.4, -0.2) is 11.4 Å². The Bertz CT molecular complexity index is 314. The van der Waals surface area contributed by atoms with Crippen molar-refractivity contribution < 1.29 is 9.90 Å². The lowest BCUT2D eigenvalue weighted by molar-refractivity contribution is -0.109. The summed E-state index contributed by atoms with van der Waals surface area (Å²) < 4.78 is 0.830. The molecule has 0 bridgehead atoms. The Balaban J connectivity index is 2.97. The van der Waals surface area contributed by atoms with E-state index in [1.807, 2.05) is 0 Å². The molecule has 0 radical (unpaired) electrons. The van der Waals surface area contributed by atoms with Crippen LogP contribution in [0.5, 0.6) is 0 Å². The van der Waals surface area contributed by atoms with Crippen molar-refractivity contribution in [2.24, 2.45) is 0 Å². The predicted octanol–water partition coefficient (Wildman–Crippen LogP) is 2.72. The van der Waals surface area contributed by atoms with Gasteiger partial charge in [-0.05, 0) is 18.2 Å². The zero-order valence-electron chi connectivity index (χ0n) is 6.71. The maximum atomic E-state index is 10.2. The van der Waals surface area contributed by atoms with Gasteiger partial charge < -0.3 is 9.90 Å². The van der Waals surface area contributed by atoms with E-state index in [1.54, 1.807) is 18.2 Å². The summed E-state index contributed by atoms with van der Waals surface area (Å²) in [5.41, 5.74) is 0.572. The minimum Gasteiger partial charge on any atom is -0.388 e. The van der Waals surface area contributed by atoms with E-state index >= 15 is 0 Å². The van der Waals surface area contributed by atoms with Crippen LogP contribution in [0.25, 0.3) is 0 Å². The maximum absolute atomic E-state index is 10.2. The van der Waals surface area contributed by atoms with Gasteiger partial charge in [-0.1, -0.05) is 27.5 Å². The molecule has 1 aromatic rings. The molecule has 0 saturated carbocycles. The Kier molecular flexibility index (Phi) is 3.90. The van der Waals surface area contributed by atoms with E-state index in [0.29, 0.717) is 16.9 Å². The molecule has 1 unspecified atom stereocenters. The lowest BCUT2D eigenvalue weighted by Crippen LogP contribution is -1.98. The fourth-order valence-corrected chi connectivity index (χ4v) is 1.61. The zero-order valence-corrected chi connectivity index (χ0v) is 9.05. The first-order valence-electron chi connectivity index (χ1n) is 3.72. The number of aliphatic hydroxyl groups is 1. The third-order valence-electron chi connectivity index (χ3n) is 1.64. The monoisotopic (exact) mass is 262 g/mol. The van der Waals surface area contributed by atoms with Gasteiger partial charge in [-0.25, -0.2) is 0 Å². The normalized spacial score (nSPS) is 12.5. The minimum atomic E-state index is -0.817. The van der Waals surface area contributed by atoms with Crippen LogP contribution in [0.4, 0.5) is 0 Å². The molecule has 0 aliphatic heterocycles. The fraction of sp³-hybridized carbons (Fsp3) is 0.222. The fourth-order valence-electron chi connectivity index (χ4n) is 0.988. The molecule has 4 heteroatoms. The highest BCUT2D eigenvalue weighted by molar-refractivity contribution is 9.10. The molecule has 1 aromatic carbocycles. The summed E-state index contributed by atoms with van der Waals surface area (Å²) >= 11 is 9.09. The Morgan fingerprint density at radius 3 is 2.92 bits per heavy atom. The summed E-state index contributed by atoms with van der Waals surface area (Å²) in [4.78, 5) is 10.2. The van der Waals surface area contributed by atoms with Crippen LogP contribution in [0.3, 0.4) is 0 Å². The molecule has 0 amide bonds. The number of aliphatic hydroxyl groups excluding tert-OH is 1. The molecule has 0 spiro atoms. The van der Waals surface area contributed by atoms with E-state index in [4.69, 9.17) is 11.6 Å². The SMILES string of the molecule is O=CCC(O)c1cc(Br)ccc1Cl. The topological polar surface area (TPSA) is 37.3 Å². The van der Waals surface area contributed by atoms with Gasteiger partial charge in [-0.3, -0.25) is 0 Å². The molecular formula is C9H8BrClO2. The first-order valence-corrected chi connectivity index (χ1v) is 4.89. The first-order chi connectivity index (χ1) is 6.15. The van der Waals surface area contributed by atoms with Gasteiger partial charge in [-0.15, -0.1) is 0 Å².